The Kier molecular flexibility index (Phi) is 3.20. The van der Waals surface area contributed by atoms with Crippen LogP contribution in [-0.2, 0) is 6.61 Å². The van der Waals surface area contributed by atoms with Crippen molar-refractivity contribution in [3.63, 3.8) is 0 Å². The summed E-state index contributed by atoms with van der Waals surface area (Å²) in [5, 5.41) is 0. The highest BCUT2D eigenvalue weighted by Gasteiger charge is 2.00. The number of ether oxygens (including phenoxy) is 1. The second-order valence-electron chi connectivity index (χ2n) is 3.56. The molecule has 2 aromatic rings. The molecule has 0 aliphatic carbocycles. The Labute approximate surface area is 94.5 Å². The summed E-state index contributed by atoms with van der Waals surface area (Å²) in [6.45, 7) is 0.422. The Bertz CT molecular complexity index is 476. The fourth-order valence-corrected chi connectivity index (χ4v) is 1.31. The minimum absolute atomic E-state index is 0.243. The zero-order valence-electron chi connectivity index (χ0n) is 8.98. The fraction of sp³-hybridized carbons (Fsp3) is 0.0833. The van der Waals surface area contributed by atoms with Crippen LogP contribution in [0.2, 0.25) is 0 Å². The number of nitrogens with zero attached hydrogens (tertiary/aromatic N) is 1. The van der Waals surface area contributed by atoms with E-state index < -0.39 is 0 Å². The third kappa shape index (κ3) is 2.60. The zero-order chi connectivity index (χ0) is 11.4. The number of hydrogen-bond donors (Lipinski definition) is 0. The molecule has 0 saturated carbocycles. The zero-order valence-corrected chi connectivity index (χ0v) is 8.98. The predicted molar refractivity (Wildman–Crippen MR) is 63.1 cm³/mol. The van der Waals surface area contributed by atoms with Gasteiger partial charge in [-0.25, -0.2) is 4.39 Å². The summed E-state index contributed by atoms with van der Waals surface area (Å²) in [6.07, 6.45) is 3.41. The van der Waals surface area contributed by atoms with Gasteiger partial charge >= 0.3 is 0 Å². The van der Waals surface area contributed by atoms with Crippen LogP contribution >= 0.6 is 0 Å². The second-order valence-corrected chi connectivity index (χ2v) is 3.56. The number of rotatable bonds is 3. The lowest BCUT2D eigenvalue weighted by molar-refractivity contribution is 0.304. The third-order valence-corrected chi connectivity index (χ3v) is 2.30. The van der Waals surface area contributed by atoms with Crippen LogP contribution in [0.1, 0.15) is 5.56 Å². The molecule has 2 nitrogen and oxygen atoms in total. The van der Waals surface area contributed by atoms with Crippen molar-refractivity contribution in [3.8, 4) is 5.75 Å². The lowest BCUT2D eigenvalue weighted by Gasteiger charge is -2.06. The van der Waals surface area contributed by atoms with E-state index in [1.165, 1.54) is 6.07 Å². The Morgan fingerprint density at radius 3 is 2.62 bits per heavy atom. The summed E-state index contributed by atoms with van der Waals surface area (Å²) in [5.74, 6) is 0.298. The average molecular weight is 215 g/mol. The molecular formula is C12H11BFNO. The standard InChI is InChI=1S/C12H11BFNO/c13-11-2-1-10(7-12(11)14)16-8-9-3-5-15-6-4-9/h1-7H,8,13H2. The largest absolute Gasteiger partial charge is 0.489 e. The van der Waals surface area contributed by atoms with Crippen molar-refractivity contribution in [2.75, 3.05) is 0 Å². The molecule has 0 spiro atoms. The van der Waals surface area contributed by atoms with Gasteiger partial charge in [0.2, 0.25) is 0 Å². The van der Waals surface area contributed by atoms with Gasteiger partial charge in [-0.05, 0) is 23.8 Å². The second kappa shape index (κ2) is 4.79. The molecule has 80 valence electrons. The Morgan fingerprint density at radius 1 is 1.19 bits per heavy atom. The molecular weight excluding hydrogens is 204 g/mol. The summed E-state index contributed by atoms with van der Waals surface area (Å²) >= 11 is 0. The summed E-state index contributed by atoms with van der Waals surface area (Å²) < 4.78 is 18.7. The smallest absolute Gasteiger partial charge is 0.143 e. The number of hydrogen-bond acceptors (Lipinski definition) is 2. The van der Waals surface area contributed by atoms with Crippen LogP contribution in [0, 0.1) is 5.82 Å². The first-order valence-corrected chi connectivity index (χ1v) is 5.03. The van der Waals surface area contributed by atoms with Crippen LogP contribution in [0.25, 0.3) is 0 Å². The van der Waals surface area contributed by atoms with Gasteiger partial charge in [-0.3, -0.25) is 4.98 Å². The molecule has 1 aromatic heterocycles. The van der Waals surface area contributed by atoms with Crippen LogP contribution in [0.4, 0.5) is 4.39 Å². The molecule has 1 heterocycles. The molecule has 0 bridgehead atoms. The van der Waals surface area contributed by atoms with Gasteiger partial charge in [0, 0.05) is 18.5 Å². The normalized spacial score (nSPS) is 10.1. The van der Waals surface area contributed by atoms with Crippen molar-refractivity contribution in [3.05, 3.63) is 54.1 Å². The monoisotopic (exact) mass is 215 g/mol. The molecule has 0 saturated heterocycles. The number of halogens is 1. The Morgan fingerprint density at radius 2 is 1.94 bits per heavy atom. The van der Waals surface area contributed by atoms with Gasteiger partial charge < -0.3 is 4.74 Å². The van der Waals surface area contributed by atoms with Gasteiger partial charge in [-0.1, -0.05) is 11.5 Å². The molecule has 2 rings (SSSR count). The molecule has 4 heteroatoms. The van der Waals surface area contributed by atoms with E-state index in [4.69, 9.17) is 4.74 Å². The number of aromatic nitrogens is 1. The molecule has 0 atom stereocenters. The van der Waals surface area contributed by atoms with Gasteiger partial charge in [0.25, 0.3) is 0 Å². The van der Waals surface area contributed by atoms with E-state index in [0.29, 0.717) is 17.8 Å². The van der Waals surface area contributed by atoms with Gasteiger partial charge in [0.15, 0.2) is 0 Å². The maximum absolute atomic E-state index is 13.2. The van der Waals surface area contributed by atoms with E-state index in [1.54, 1.807) is 32.4 Å². The summed E-state index contributed by atoms with van der Waals surface area (Å²) in [4.78, 5) is 3.91. The maximum Gasteiger partial charge on any atom is 0.143 e. The van der Waals surface area contributed by atoms with E-state index in [0.717, 1.165) is 5.56 Å². The summed E-state index contributed by atoms with van der Waals surface area (Å²) in [5.41, 5.74) is 1.63. The van der Waals surface area contributed by atoms with E-state index in [1.807, 2.05) is 12.1 Å². The highest BCUT2D eigenvalue weighted by Crippen LogP contribution is 2.12. The number of pyridine rings is 1. The van der Waals surface area contributed by atoms with Crippen molar-refractivity contribution >= 4 is 13.3 Å². The van der Waals surface area contributed by atoms with Crippen molar-refractivity contribution < 1.29 is 9.13 Å². The topological polar surface area (TPSA) is 22.1 Å². The fourth-order valence-electron chi connectivity index (χ4n) is 1.31. The van der Waals surface area contributed by atoms with Gasteiger partial charge in [0.1, 0.15) is 26.0 Å². The first-order chi connectivity index (χ1) is 7.75. The van der Waals surface area contributed by atoms with E-state index in [2.05, 4.69) is 4.98 Å². The van der Waals surface area contributed by atoms with Crippen LogP contribution in [-0.4, -0.2) is 12.8 Å². The minimum Gasteiger partial charge on any atom is -0.489 e. The van der Waals surface area contributed by atoms with E-state index in [-0.39, 0.29) is 5.82 Å². The van der Waals surface area contributed by atoms with Crippen molar-refractivity contribution in [2.45, 2.75) is 6.61 Å². The van der Waals surface area contributed by atoms with Crippen molar-refractivity contribution in [1.29, 1.82) is 0 Å². The first kappa shape index (κ1) is 10.7. The average Bonchev–Trinajstić information content (AvgIpc) is 2.32. The van der Waals surface area contributed by atoms with E-state index >= 15 is 0 Å². The molecule has 0 amide bonds. The van der Waals surface area contributed by atoms with Crippen LogP contribution < -0.4 is 10.2 Å². The first-order valence-electron chi connectivity index (χ1n) is 5.03. The molecule has 1 aromatic carbocycles. The van der Waals surface area contributed by atoms with Gasteiger partial charge in [-0.15, -0.1) is 0 Å². The summed E-state index contributed by atoms with van der Waals surface area (Å²) in [7, 11) is 1.72. The van der Waals surface area contributed by atoms with E-state index in [9.17, 15) is 4.39 Å². The highest BCUT2D eigenvalue weighted by molar-refractivity contribution is 6.32. The molecule has 0 N–H and O–H groups in total. The van der Waals surface area contributed by atoms with Crippen molar-refractivity contribution in [1.82, 2.24) is 4.98 Å². The highest BCUT2D eigenvalue weighted by atomic mass is 19.1. The van der Waals surface area contributed by atoms with Crippen molar-refractivity contribution in [2.24, 2.45) is 0 Å². The lowest BCUT2D eigenvalue weighted by atomic mass is 9.96. The van der Waals surface area contributed by atoms with Gasteiger partial charge in [0.05, 0.1) is 0 Å². The Balaban J connectivity index is 2.03. The van der Waals surface area contributed by atoms with Crippen LogP contribution in [0.5, 0.6) is 5.75 Å². The molecule has 0 fully saturated rings. The SMILES string of the molecule is Bc1ccc(OCc2ccncc2)cc1F. The van der Waals surface area contributed by atoms with Crippen LogP contribution in [0.3, 0.4) is 0 Å². The number of benzene rings is 1. The molecule has 0 aliphatic rings. The third-order valence-electron chi connectivity index (χ3n) is 2.30. The molecule has 0 unspecified atom stereocenters. The van der Waals surface area contributed by atoms with Crippen LogP contribution in [0.15, 0.2) is 42.7 Å². The molecule has 0 aliphatic heterocycles. The Hall–Kier alpha value is -1.84. The minimum atomic E-state index is -0.243. The maximum atomic E-state index is 13.2. The molecule has 0 radical (unpaired) electrons. The summed E-state index contributed by atoms with van der Waals surface area (Å²) in [6, 6.07) is 8.60. The lowest BCUT2D eigenvalue weighted by Crippen LogP contribution is -2.07. The predicted octanol–water partition coefficient (Wildman–Crippen LogP) is 1.06. The van der Waals surface area contributed by atoms with Gasteiger partial charge in [-0.2, -0.15) is 0 Å². The molecule has 16 heavy (non-hydrogen) atoms. The quantitative estimate of drug-likeness (QED) is 0.714.